The molecule has 1 aliphatic rings. The Hall–Kier alpha value is -1.39. The normalized spacial score (nSPS) is 17.9. The highest BCUT2D eigenvalue weighted by Crippen LogP contribution is 2.09. The van der Waals surface area contributed by atoms with Crippen LogP contribution in [-0.2, 0) is 11.2 Å². The first-order valence-corrected chi connectivity index (χ1v) is 8.04. The fraction of sp³-hybridized carbons (Fsp3) is 0.588. The Bertz CT molecular complexity index is 415. The van der Waals surface area contributed by atoms with Crippen molar-refractivity contribution in [2.75, 3.05) is 26.2 Å². The van der Waals surface area contributed by atoms with Crippen LogP contribution in [0.15, 0.2) is 30.3 Å². The van der Waals surface area contributed by atoms with Gasteiger partial charge in [0.05, 0.1) is 6.54 Å². The van der Waals surface area contributed by atoms with E-state index in [0.717, 1.165) is 38.9 Å². The van der Waals surface area contributed by atoms with Crippen molar-refractivity contribution in [1.29, 1.82) is 0 Å². The van der Waals surface area contributed by atoms with Crippen molar-refractivity contribution in [1.82, 2.24) is 10.2 Å². The zero-order valence-electron chi connectivity index (χ0n) is 12.8. The van der Waals surface area contributed by atoms with Gasteiger partial charge in [-0.1, -0.05) is 30.3 Å². The van der Waals surface area contributed by atoms with Crippen LogP contribution in [0.2, 0.25) is 0 Å². The fourth-order valence-corrected chi connectivity index (χ4v) is 2.90. The van der Waals surface area contributed by atoms with Crippen LogP contribution in [-0.4, -0.2) is 43.0 Å². The smallest absolute Gasteiger partial charge is 0.236 e. The molecule has 1 aliphatic heterocycles. The number of carbonyl (C=O) groups is 1. The monoisotopic (exact) mass is 289 g/mol. The maximum atomic E-state index is 11.9. The van der Waals surface area contributed by atoms with E-state index in [1.165, 1.54) is 18.4 Å². The molecular weight excluding hydrogens is 262 g/mol. The Morgan fingerprint density at radius 1 is 1.29 bits per heavy atom. The van der Waals surface area contributed by atoms with Crippen LogP contribution in [0.1, 0.15) is 31.2 Å². The van der Waals surface area contributed by atoms with Crippen molar-refractivity contribution in [3.63, 3.8) is 0 Å². The second kappa shape index (κ2) is 8.80. The Morgan fingerprint density at radius 2 is 2.10 bits per heavy atom. The van der Waals surface area contributed by atoms with E-state index in [1.807, 2.05) is 11.0 Å². The highest BCUT2D eigenvalue weighted by molar-refractivity contribution is 5.78. The minimum absolute atomic E-state index is 0.0726. The minimum atomic E-state index is 0.0726. The van der Waals surface area contributed by atoms with Crippen LogP contribution in [0.25, 0.3) is 0 Å². The molecule has 0 aliphatic carbocycles. The summed E-state index contributed by atoms with van der Waals surface area (Å²) in [6.45, 7) is 2.82. The van der Waals surface area contributed by atoms with Gasteiger partial charge in [-0.3, -0.25) is 4.79 Å². The molecule has 1 aromatic rings. The number of carbonyl (C=O) groups excluding carboxylic acids is 1. The first-order chi connectivity index (χ1) is 10.3. The molecule has 1 heterocycles. The maximum absolute atomic E-state index is 11.9. The lowest BCUT2D eigenvalue weighted by Gasteiger charge is -2.25. The molecule has 1 aromatic carbocycles. The number of hydrogen-bond donors (Lipinski definition) is 2. The van der Waals surface area contributed by atoms with E-state index in [-0.39, 0.29) is 12.5 Å². The van der Waals surface area contributed by atoms with Crippen LogP contribution >= 0.6 is 0 Å². The molecule has 0 aromatic heterocycles. The predicted octanol–water partition coefficient (Wildman–Crippen LogP) is 1.55. The number of unbranched alkanes of at least 4 members (excludes halogenated alkanes) is 1. The SMILES string of the molecule is NCC(=O)N(CCCCc1ccccc1)CC1CCCN1. The summed E-state index contributed by atoms with van der Waals surface area (Å²) in [6, 6.07) is 11.0. The first kappa shape index (κ1) is 16.0. The third-order valence-electron chi connectivity index (χ3n) is 4.12. The highest BCUT2D eigenvalue weighted by atomic mass is 16.2. The van der Waals surface area contributed by atoms with Gasteiger partial charge < -0.3 is 16.0 Å². The molecule has 0 radical (unpaired) electrons. The molecule has 1 amide bonds. The third kappa shape index (κ3) is 5.48. The molecule has 1 fully saturated rings. The van der Waals surface area contributed by atoms with E-state index in [2.05, 4.69) is 29.6 Å². The second-order valence-corrected chi connectivity index (χ2v) is 5.78. The van der Waals surface area contributed by atoms with E-state index >= 15 is 0 Å². The molecule has 4 heteroatoms. The van der Waals surface area contributed by atoms with Gasteiger partial charge in [0.25, 0.3) is 0 Å². The first-order valence-electron chi connectivity index (χ1n) is 8.04. The average Bonchev–Trinajstić information content (AvgIpc) is 3.03. The Labute approximate surface area is 127 Å². The number of aryl methyl sites for hydroxylation is 1. The van der Waals surface area contributed by atoms with E-state index in [4.69, 9.17) is 5.73 Å². The Balaban J connectivity index is 1.72. The number of benzene rings is 1. The van der Waals surface area contributed by atoms with Gasteiger partial charge in [-0.25, -0.2) is 0 Å². The largest absolute Gasteiger partial charge is 0.340 e. The van der Waals surface area contributed by atoms with E-state index < -0.39 is 0 Å². The van der Waals surface area contributed by atoms with Crippen molar-refractivity contribution in [3.05, 3.63) is 35.9 Å². The van der Waals surface area contributed by atoms with Gasteiger partial charge in [-0.15, -0.1) is 0 Å². The molecule has 0 bridgehead atoms. The highest BCUT2D eigenvalue weighted by Gasteiger charge is 2.20. The van der Waals surface area contributed by atoms with Crippen molar-refractivity contribution >= 4 is 5.91 Å². The summed E-state index contributed by atoms with van der Waals surface area (Å²) in [6.07, 6.45) is 5.60. The lowest BCUT2D eigenvalue weighted by atomic mass is 10.1. The van der Waals surface area contributed by atoms with Gasteiger partial charge in [0, 0.05) is 19.1 Å². The van der Waals surface area contributed by atoms with Gasteiger partial charge in [-0.2, -0.15) is 0 Å². The summed E-state index contributed by atoms with van der Waals surface area (Å²) < 4.78 is 0. The van der Waals surface area contributed by atoms with Gasteiger partial charge in [-0.05, 0) is 44.2 Å². The molecule has 0 spiro atoms. The van der Waals surface area contributed by atoms with E-state index in [1.54, 1.807) is 0 Å². The lowest BCUT2D eigenvalue weighted by molar-refractivity contribution is -0.130. The molecule has 0 saturated carbocycles. The summed E-state index contributed by atoms with van der Waals surface area (Å²) in [4.78, 5) is 13.9. The number of amides is 1. The van der Waals surface area contributed by atoms with Crippen LogP contribution in [0.3, 0.4) is 0 Å². The van der Waals surface area contributed by atoms with Crippen LogP contribution in [0.4, 0.5) is 0 Å². The molecule has 1 saturated heterocycles. The summed E-state index contributed by atoms with van der Waals surface area (Å²) in [5.41, 5.74) is 6.90. The second-order valence-electron chi connectivity index (χ2n) is 5.78. The average molecular weight is 289 g/mol. The minimum Gasteiger partial charge on any atom is -0.340 e. The number of nitrogens with one attached hydrogen (secondary N) is 1. The molecule has 1 atom stereocenters. The van der Waals surface area contributed by atoms with Crippen molar-refractivity contribution in [2.45, 2.75) is 38.1 Å². The number of nitrogens with zero attached hydrogens (tertiary/aromatic N) is 1. The van der Waals surface area contributed by atoms with E-state index in [0.29, 0.717) is 6.04 Å². The zero-order valence-corrected chi connectivity index (χ0v) is 12.8. The van der Waals surface area contributed by atoms with Crippen LogP contribution in [0.5, 0.6) is 0 Å². The Morgan fingerprint density at radius 3 is 2.76 bits per heavy atom. The van der Waals surface area contributed by atoms with Crippen LogP contribution in [0, 0.1) is 0 Å². The molecule has 4 nitrogen and oxygen atoms in total. The third-order valence-corrected chi connectivity index (χ3v) is 4.12. The molecule has 3 N–H and O–H groups in total. The van der Waals surface area contributed by atoms with Crippen molar-refractivity contribution in [2.24, 2.45) is 5.73 Å². The number of nitrogens with two attached hydrogens (primary N) is 1. The summed E-state index contributed by atoms with van der Waals surface area (Å²) in [7, 11) is 0. The van der Waals surface area contributed by atoms with Gasteiger partial charge in [0.2, 0.25) is 5.91 Å². The fourth-order valence-electron chi connectivity index (χ4n) is 2.90. The van der Waals surface area contributed by atoms with Gasteiger partial charge >= 0.3 is 0 Å². The standard InChI is InChI=1S/C17H27N3O/c18-13-17(21)20(14-16-10-6-11-19-16)12-5-4-9-15-7-2-1-3-8-15/h1-3,7-8,16,19H,4-6,9-14,18H2. The summed E-state index contributed by atoms with van der Waals surface area (Å²) >= 11 is 0. The summed E-state index contributed by atoms with van der Waals surface area (Å²) in [5, 5.41) is 3.45. The van der Waals surface area contributed by atoms with Crippen LogP contribution < -0.4 is 11.1 Å². The number of hydrogen-bond acceptors (Lipinski definition) is 3. The molecular formula is C17H27N3O. The molecule has 116 valence electrons. The molecule has 21 heavy (non-hydrogen) atoms. The predicted molar refractivity (Wildman–Crippen MR) is 86.0 cm³/mol. The van der Waals surface area contributed by atoms with Gasteiger partial charge in [0.15, 0.2) is 0 Å². The summed E-state index contributed by atoms with van der Waals surface area (Å²) in [5.74, 6) is 0.0726. The van der Waals surface area contributed by atoms with Crippen molar-refractivity contribution < 1.29 is 4.79 Å². The molecule has 1 unspecified atom stereocenters. The topological polar surface area (TPSA) is 58.4 Å². The lowest BCUT2D eigenvalue weighted by Crippen LogP contribution is -2.44. The number of rotatable bonds is 8. The molecule has 2 rings (SSSR count). The quantitative estimate of drug-likeness (QED) is 0.714. The van der Waals surface area contributed by atoms with Crippen molar-refractivity contribution in [3.8, 4) is 0 Å². The maximum Gasteiger partial charge on any atom is 0.236 e. The van der Waals surface area contributed by atoms with Gasteiger partial charge in [0.1, 0.15) is 0 Å². The zero-order chi connectivity index (χ0) is 14.9. The van der Waals surface area contributed by atoms with E-state index in [9.17, 15) is 4.79 Å². The Kier molecular flexibility index (Phi) is 6.70.